The lowest BCUT2D eigenvalue weighted by atomic mass is 10.1. The smallest absolute Gasteiger partial charge is 0.363 e. The summed E-state index contributed by atoms with van der Waals surface area (Å²) in [6, 6.07) is 6.68. The van der Waals surface area contributed by atoms with Crippen molar-refractivity contribution in [2.75, 3.05) is 7.11 Å². The van der Waals surface area contributed by atoms with Crippen molar-refractivity contribution in [3.63, 3.8) is 0 Å². The Morgan fingerprint density at radius 3 is 2.66 bits per heavy atom. The lowest BCUT2D eigenvalue weighted by Gasteiger charge is -2.11. The zero-order valence-electron chi connectivity index (χ0n) is 16.9. The van der Waals surface area contributed by atoms with Gasteiger partial charge in [-0.25, -0.2) is 9.79 Å². The largest absolute Gasteiger partial charge is 0.493 e. The molecule has 3 rings (SSSR count). The number of hydrogen-bond donors (Lipinski definition) is 0. The number of nitro benzene ring substituents is 1. The molecule has 1 aliphatic rings. The van der Waals surface area contributed by atoms with E-state index < -0.39 is 16.9 Å². The summed E-state index contributed by atoms with van der Waals surface area (Å²) in [4.78, 5) is 38.6. The Labute approximate surface area is 192 Å². The molecular formula is C21H16Cl2N2O7. The van der Waals surface area contributed by atoms with Gasteiger partial charge in [0, 0.05) is 18.6 Å². The van der Waals surface area contributed by atoms with Gasteiger partial charge in [-0.1, -0.05) is 30.1 Å². The fourth-order valence-corrected chi connectivity index (χ4v) is 3.22. The van der Waals surface area contributed by atoms with Gasteiger partial charge in [0.05, 0.1) is 27.6 Å². The van der Waals surface area contributed by atoms with Crippen LogP contribution >= 0.6 is 23.2 Å². The number of esters is 2. The second-order valence-electron chi connectivity index (χ2n) is 6.52. The quantitative estimate of drug-likeness (QED) is 0.181. The third-order valence-corrected chi connectivity index (χ3v) is 4.85. The molecule has 1 heterocycles. The number of aliphatic imine (C=N–C) groups is 1. The van der Waals surface area contributed by atoms with Crippen LogP contribution in [0.5, 0.6) is 11.5 Å². The van der Waals surface area contributed by atoms with Crippen LogP contribution in [-0.4, -0.2) is 29.9 Å². The number of hydrogen-bond acceptors (Lipinski definition) is 8. The van der Waals surface area contributed by atoms with Crippen molar-refractivity contribution >= 4 is 52.8 Å². The molecule has 11 heteroatoms. The molecular weight excluding hydrogens is 463 g/mol. The first-order chi connectivity index (χ1) is 15.2. The number of carbonyl (C=O) groups is 2. The first-order valence-corrected chi connectivity index (χ1v) is 10.0. The highest BCUT2D eigenvalue weighted by atomic mass is 35.5. The second-order valence-corrected chi connectivity index (χ2v) is 7.33. The van der Waals surface area contributed by atoms with E-state index in [1.54, 1.807) is 0 Å². The molecule has 32 heavy (non-hydrogen) atoms. The van der Waals surface area contributed by atoms with Gasteiger partial charge in [-0.15, -0.1) is 0 Å². The molecule has 0 N–H and O–H groups in total. The van der Waals surface area contributed by atoms with E-state index in [4.69, 9.17) is 37.4 Å². The van der Waals surface area contributed by atoms with Crippen LogP contribution in [-0.2, 0) is 14.3 Å². The fourth-order valence-electron chi connectivity index (χ4n) is 2.76. The molecule has 9 nitrogen and oxygen atoms in total. The molecule has 2 aromatic rings. The van der Waals surface area contributed by atoms with Crippen molar-refractivity contribution in [2.24, 2.45) is 4.99 Å². The minimum absolute atomic E-state index is 0.0660. The zero-order valence-corrected chi connectivity index (χ0v) is 18.4. The topological polar surface area (TPSA) is 117 Å². The lowest BCUT2D eigenvalue weighted by Crippen LogP contribution is -2.08. The summed E-state index contributed by atoms with van der Waals surface area (Å²) in [6.07, 6.45) is 2.21. The van der Waals surface area contributed by atoms with E-state index in [0.717, 1.165) is 6.07 Å². The van der Waals surface area contributed by atoms with Crippen molar-refractivity contribution in [3.05, 3.63) is 67.3 Å². The van der Waals surface area contributed by atoms with Crippen LogP contribution in [0.15, 0.2) is 41.0 Å². The molecule has 0 aromatic heterocycles. The standard InChI is InChI=1S/C21H16Cl2N2O7/c1-3-4-18(26)31-19-15(23)7-11(9-17(19)30-2)8-16-21(27)32-20(24-16)13-10-12(25(28)29)5-6-14(13)22/h5-10H,3-4H2,1-2H3/b16-8-. The van der Waals surface area contributed by atoms with Crippen molar-refractivity contribution < 1.29 is 28.7 Å². The predicted molar refractivity (Wildman–Crippen MR) is 117 cm³/mol. The van der Waals surface area contributed by atoms with Gasteiger partial charge in [0.25, 0.3) is 5.69 Å². The Kier molecular flexibility index (Phi) is 7.12. The van der Waals surface area contributed by atoms with E-state index in [-0.39, 0.29) is 50.8 Å². The number of benzene rings is 2. The van der Waals surface area contributed by atoms with Crippen molar-refractivity contribution in [1.82, 2.24) is 0 Å². The normalized spacial score (nSPS) is 14.2. The van der Waals surface area contributed by atoms with Crippen LogP contribution in [0.4, 0.5) is 5.69 Å². The summed E-state index contributed by atoms with van der Waals surface area (Å²) in [5.74, 6) is -1.15. The molecule has 0 amide bonds. The minimum Gasteiger partial charge on any atom is -0.493 e. The average Bonchev–Trinajstić information content (AvgIpc) is 3.10. The summed E-state index contributed by atoms with van der Waals surface area (Å²) in [6.45, 7) is 1.84. The van der Waals surface area contributed by atoms with E-state index in [9.17, 15) is 19.7 Å². The highest BCUT2D eigenvalue weighted by molar-refractivity contribution is 6.34. The molecule has 0 unspecified atom stereocenters. The monoisotopic (exact) mass is 478 g/mol. The maximum Gasteiger partial charge on any atom is 0.363 e. The third-order valence-electron chi connectivity index (χ3n) is 4.24. The maximum atomic E-state index is 12.3. The van der Waals surface area contributed by atoms with Crippen LogP contribution < -0.4 is 9.47 Å². The molecule has 0 radical (unpaired) electrons. The minimum atomic E-state index is -0.781. The Morgan fingerprint density at radius 1 is 1.25 bits per heavy atom. The predicted octanol–water partition coefficient (Wildman–Crippen LogP) is 4.96. The SMILES string of the molecule is CCCC(=O)Oc1c(Cl)cc(/C=C2\N=C(c3cc([N+](=O)[O-])ccc3Cl)OC2=O)cc1OC. The van der Waals surface area contributed by atoms with Crippen LogP contribution in [0.25, 0.3) is 6.08 Å². The van der Waals surface area contributed by atoms with Crippen LogP contribution in [0.3, 0.4) is 0 Å². The average molecular weight is 479 g/mol. The molecule has 0 atom stereocenters. The van der Waals surface area contributed by atoms with E-state index in [2.05, 4.69) is 4.99 Å². The van der Waals surface area contributed by atoms with E-state index in [1.807, 2.05) is 6.92 Å². The first-order valence-electron chi connectivity index (χ1n) is 9.28. The Hall–Kier alpha value is -3.43. The van der Waals surface area contributed by atoms with E-state index in [0.29, 0.717) is 12.0 Å². The van der Waals surface area contributed by atoms with Gasteiger partial charge in [-0.2, -0.15) is 0 Å². The van der Waals surface area contributed by atoms with Gasteiger partial charge < -0.3 is 14.2 Å². The lowest BCUT2D eigenvalue weighted by molar-refractivity contribution is -0.384. The number of nitrogens with zero attached hydrogens (tertiary/aromatic N) is 2. The first kappa shape index (κ1) is 23.2. The number of rotatable bonds is 7. The van der Waals surface area contributed by atoms with Gasteiger partial charge in [-0.3, -0.25) is 14.9 Å². The van der Waals surface area contributed by atoms with Crippen molar-refractivity contribution in [2.45, 2.75) is 19.8 Å². The molecule has 0 aliphatic carbocycles. The van der Waals surface area contributed by atoms with Gasteiger partial charge in [0.1, 0.15) is 0 Å². The van der Waals surface area contributed by atoms with Crippen LogP contribution in [0, 0.1) is 10.1 Å². The van der Waals surface area contributed by atoms with Crippen molar-refractivity contribution in [1.29, 1.82) is 0 Å². The Balaban J connectivity index is 1.96. The summed E-state index contributed by atoms with van der Waals surface area (Å²) in [7, 11) is 1.38. The maximum absolute atomic E-state index is 12.3. The van der Waals surface area contributed by atoms with E-state index >= 15 is 0 Å². The summed E-state index contributed by atoms with van der Waals surface area (Å²) in [5.41, 5.74) is 0.206. The molecule has 0 fully saturated rings. The number of non-ortho nitro benzene ring substituents is 1. The summed E-state index contributed by atoms with van der Waals surface area (Å²) < 4.78 is 15.7. The van der Waals surface area contributed by atoms with Crippen LogP contribution in [0.1, 0.15) is 30.9 Å². The molecule has 0 spiro atoms. The number of ether oxygens (including phenoxy) is 3. The van der Waals surface area contributed by atoms with Gasteiger partial charge in [-0.05, 0) is 36.3 Å². The highest BCUT2D eigenvalue weighted by Crippen LogP contribution is 2.38. The van der Waals surface area contributed by atoms with Gasteiger partial charge in [0.2, 0.25) is 5.90 Å². The molecule has 2 aromatic carbocycles. The van der Waals surface area contributed by atoms with Gasteiger partial charge in [0.15, 0.2) is 17.2 Å². The van der Waals surface area contributed by atoms with Gasteiger partial charge >= 0.3 is 11.9 Å². The number of cyclic esters (lactones) is 1. The number of nitro groups is 1. The molecule has 0 bridgehead atoms. The number of methoxy groups -OCH3 is 1. The summed E-state index contributed by atoms with van der Waals surface area (Å²) >= 11 is 12.3. The third kappa shape index (κ3) is 5.06. The molecule has 0 saturated heterocycles. The molecule has 0 saturated carbocycles. The Morgan fingerprint density at radius 2 is 2.00 bits per heavy atom. The fraction of sp³-hybridized carbons (Fsp3) is 0.190. The zero-order chi connectivity index (χ0) is 23.4. The highest BCUT2D eigenvalue weighted by Gasteiger charge is 2.27. The van der Waals surface area contributed by atoms with Crippen molar-refractivity contribution in [3.8, 4) is 11.5 Å². The number of halogens is 2. The van der Waals surface area contributed by atoms with Crippen LogP contribution in [0.2, 0.25) is 10.0 Å². The number of carbonyl (C=O) groups excluding carboxylic acids is 2. The van der Waals surface area contributed by atoms with E-state index in [1.165, 1.54) is 37.5 Å². The molecule has 1 aliphatic heterocycles. The molecule has 166 valence electrons. The Bertz CT molecular complexity index is 1170. The summed E-state index contributed by atoms with van der Waals surface area (Å²) in [5, 5.41) is 11.2. The second kappa shape index (κ2) is 9.80.